The van der Waals surface area contributed by atoms with Gasteiger partial charge in [-0.3, -0.25) is 4.90 Å². The summed E-state index contributed by atoms with van der Waals surface area (Å²) < 4.78 is 10.9. The van der Waals surface area contributed by atoms with Gasteiger partial charge in [-0.1, -0.05) is 17.7 Å². The van der Waals surface area contributed by atoms with Crippen LogP contribution in [0.2, 0.25) is 5.02 Å². The van der Waals surface area contributed by atoms with E-state index in [1.165, 1.54) is 0 Å². The van der Waals surface area contributed by atoms with E-state index in [1.807, 2.05) is 0 Å². The van der Waals surface area contributed by atoms with Crippen LogP contribution in [0, 0.1) is 6.07 Å². The standard InChI is InChI=1S/C12H15ClNO2/c13-11-3-1-2-4-12(11)16-10-7-14-5-8-15-9-6-14/h1,3-4H,5-10H2. The minimum Gasteiger partial charge on any atom is -0.491 e. The highest BCUT2D eigenvalue weighted by atomic mass is 35.5. The van der Waals surface area contributed by atoms with Crippen LogP contribution in [0.4, 0.5) is 0 Å². The molecule has 0 spiro atoms. The fourth-order valence-corrected chi connectivity index (χ4v) is 1.79. The zero-order valence-corrected chi connectivity index (χ0v) is 9.87. The van der Waals surface area contributed by atoms with Gasteiger partial charge in [0.2, 0.25) is 0 Å². The third-order valence-electron chi connectivity index (χ3n) is 2.54. The van der Waals surface area contributed by atoms with Gasteiger partial charge in [-0.25, -0.2) is 0 Å². The fraction of sp³-hybridized carbons (Fsp3) is 0.500. The molecule has 2 rings (SSSR count). The molecule has 1 radical (unpaired) electrons. The fourth-order valence-electron chi connectivity index (χ4n) is 1.62. The predicted molar refractivity (Wildman–Crippen MR) is 63.0 cm³/mol. The number of rotatable bonds is 4. The van der Waals surface area contributed by atoms with Crippen molar-refractivity contribution in [3.8, 4) is 5.75 Å². The van der Waals surface area contributed by atoms with Crippen LogP contribution < -0.4 is 4.74 Å². The van der Waals surface area contributed by atoms with Crippen LogP contribution in [0.15, 0.2) is 18.2 Å². The van der Waals surface area contributed by atoms with Gasteiger partial charge in [0.15, 0.2) is 0 Å². The van der Waals surface area contributed by atoms with Crippen LogP contribution >= 0.6 is 11.6 Å². The molecule has 4 heteroatoms. The van der Waals surface area contributed by atoms with E-state index in [1.54, 1.807) is 18.2 Å². The molecule has 1 heterocycles. The Hall–Kier alpha value is -0.770. The lowest BCUT2D eigenvalue weighted by Crippen LogP contribution is -2.38. The maximum absolute atomic E-state index is 5.97. The number of morpholine rings is 1. The van der Waals surface area contributed by atoms with Crippen molar-refractivity contribution in [2.24, 2.45) is 0 Å². The Morgan fingerprint density at radius 1 is 1.44 bits per heavy atom. The molecule has 0 amide bonds. The highest BCUT2D eigenvalue weighted by Crippen LogP contribution is 2.22. The Morgan fingerprint density at radius 2 is 2.25 bits per heavy atom. The highest BCUT2D eigenvalue weighted by Gasteiger charge is 2.10. The van der Waals surface area contributed by atoms with Gasteiger partial charge >= 0.3 is 0 Å². The summed E-state index contributed by atoms with van der Waals surface area (Å²) in [7, 11) is 0. The first-order valence-electron chi connectivity index (χ1n) is 5.45. The number of benzene rings is 1. The van der Waals surface area contributed by atoms with Crippen LogP contribution in [0.5, 0.6) is 5.75 Å². The lowest BCUT2D eigenvalue weighted by atomic mass is 10.3. The van der Waals surface area contributed by atoms with Crippen LogP contribution in [-0.2, 0) is 4.74 Å². The molecular weight excluding hydrogens is 226 g/mol. The molecule has 1 fully saturated rings. The third-order valence-corrected chi connectivity index (χ3v) is 2.86. The van der Waals surface area contributed by atoms with Gasteiger partial charge in [-0.15, -0.1) is 0 Å². The summed E-state index contributed by atoms with van der Waals surface area (Å²) in [6.45, 7) is 5.17. The molecule has 1 aromatic rings. The maximum Gasteiger partial charge on any atom is 0.138 e. The quantitative estimate of drug-likeness (QED) is 0.802. The molecule has 1 aliphatic heterocycles. The van der Waals surface area contributed by atoms with Crippen LogP contribution in [0.25, 0.3) is 0 Å². The molecule has 16 heavy (non-hydrogen) atoms. The highest BCUT2D eigenvalue weighted by molar-refractivity contribution is 6.32. The van der Waals surface area contributed by atoms with E-state index < -0.39 is 0 Å². The number of halogens is 1. The molecule has 0 saturated carbocycles. The van der Waals surface area contributed by atoms with Crippen LogP contribution in [-0.4, -0.2) is 44.4 Å². The molecule has 0 atom stereocenters. The number of hydrogen-bond donors (Lipinski definition) is 0. The minimum atomic E-state index is 0.640. The van der Waals surface area contributed by atoms with E-state index in [0.717, 1.165) is 32.8 Å². The van der Waals surface area contributed by atoms with Crippen molar-refractivity contribution in [3.63, 3.8) is 0 Å². The van der Waals surface area contributed by atoms with Gasteiger partial charge in [0.25, 0.3) is 0 Å². The van der Waals surface area contributed by atoms with E-state index in [9.17, 15) is 0 Å². The summed E-state index contributed by atoms with van der Waals surface area (Å²) in [6, 6.07) is 8.27. The van der Waals surface area contributed by atoms with Gasteiger partial charge in [-0.05, 0) is 18.2 Å². The van der Waals surface area contributed by atoms with Gasteiger partial charge in [0.05, 0.1) is 18.2 Å². The van der Waals surface area contributed by atoms with Crippen molar-refractivity contribution in [2.75, 3.05) is 39.5 Å². The van der Waals surface area contributed by atoms with E-state index in [-0.39, 0.29) is 0 Å². The Kier molecular flexibility index (Phi) is 4.45. The van der Waals surface area contributed by atoms with Gasteiger partial charge < -0.3 is 9.47 Å². The van der Waals surface area contributed by atoms with Gasteiger partial charge in [0.1, 0.15) is 12.4 Å². The van der Waals surface area contributed by atoms with E-state index in [2.05, 4.69) is 11.0 Å². The Bertz CT molecular complexity index is 327. The number of nitrogens with zero attached hydrogens (tertiary/aromatic N) is 1. The predicted octanol–water partition coefficient (Wildman–Crippen LogP) is 1.85. The Morgan fingerprint density at radius 3 is 3.00 bits per heavy atom. The number of hydrogen-bond acceptors (Lipinski definition) is 3. The molecule has 0 aliphatic carbocycles. The van der Waals surface area contributed by atoms with E-state index in [0.29, 0.717) is 17.4 Å². The van der Waals surface area contributed by atoms with Crippen LogP contribution in [0.3, 0.4) is 0 Å². The molecule has 1 saturated heterocycles. The molecule has 0 bridgehead atoms. The first kappa shape index (κ1) is 11.7. The average Bonchev–Trinajstić information content (AvgIpc) is 2.33. The molecule has 1 aromatic carbocycles. The van der Waals surface area contributed by atoms with Crippen molar-refractivity contribution < 1.29 is 9.47 Å². The smallest absolute Gasteiger partial charge is 0.138 e. The molecule has 3 nitrogen and oxygen atoms in total. The molecule has 0 unspecified atom stereocenters. The van der Waals surface area contributed by atoms with Crippen molar-refractivity contribution in [1.29, 1.82) is 0 Å². The molecule has 0 N–H and O–H groups in total. The van der Waals surface area contributed by atoms with E-state index in [4.69, 9.17) is 21.1 Å². The summed E-state index contributed by atoms with van der Waals surface area (Å²) in [6.07, 6.45) is 0. The van der Waals surface area contributed by atoms with Crippen LogP contribution in [0.1, 0.15) is 0 Å². The Labute approximate surface area is 101 Å². The summed E-state index contributed by atoms with van der Waals surface area (Å²) in [5.41, 5.74) is 0. The second-order valence-electron chi connectivity index (χ2n) is 3.66. The summed E-state index contributed by atoms with van der Waals surface area (Å²) in [5, 5.41) is 0.640. The van der Waals surface area contributed by atoms with Crippen molar-refractivity contribution >= 4 is 11.6 Å². The average molecular weight is 241 g/mol. The zero-order chi connectivity index (χ0) is 11.2. The molecule has 0 aromatic heterocycles. The normalized spacial score (nSPS) is 17.3. The van der Waals surface area contributed by atoms with Crippen molar-refractivity contribution in [3.05, 3.63) is 29.3 Å². The molecular formula is C12H15ClNO2. The van der Waals surface area contributed by atoms with E-state index >= 15 is 0 Å². The third kappa shape index (κ3) is 3.37. The lowest BCUT2D eigenvalue weighted by Gasteiger charge is -2.26. The zero-order valence-electron chi connectivity index (χ0n) is 9.12. The minimum absolute atomic E-state index is 0.640. The monoisotopic (exact) mass is 240 g/mol. The summed E-state index contributed by atoms with van der Waals surface area (Å²) in [4.78, 5) is 2.32. The Balaban J connectivity index is 1.73. The molecule has 1 aliphatic rings. The first-order valence-corrected chi connectivity index (χ1v) is 5.82. The van der Waals surface area contributed by atoms with Crippen molar-refractivity contribution in [1.82, 2.24) is 4.90 Å². The van der Waals surface area contributed by atoms with Gasteiger partial charge in [-0.2, -0.15) is 0 Å². The SMILES string of the molecule is Clc1cc[c]cc1OCCN1CCOCC1. The van der Waals surface area contributed by atoms with Gasteiger partial charge in [0, 0.05) is 19.6 Å². The first-order chi connectivity index (χ1) is 7.86. The largest absolute Gasteiger partial charge is 0.491 e. The molecule has 87 valence electrons. The maximum atomic E-state index is 5.97. The second kappa shape index (κ2) is 6.09. The van der Waals surface area contributed by atoms with Crippen molar-refractivity contribution in [2.45, 2.75) is 0 Å². The number of ether oxygens (including phenoxy) is 2. The summed E-state index contributed by atoms with van der Waals surface area (Å²) in [5.74, 6) is 0.706. The second-order valence-corrected chi connectivity index (χ2v) is 4.07. The topological polar surface area (TPSA) is 21.7 Å². The lowest BCUT2D eigenvalue weighted by molar-refractivity contribution is 0.0322. The summed E-state index contributed by atoms with van der Waals surface area (Å²) >= 11 is 5.97.